The van der Waals surface area contributed by atoms with Crippen molar-refractivity contribution in [3.8, 4) is 0 Å². The largest absolute Gasteiger partial charge is 0.524 e. The third-order valence-electron chi connectivity index (χ3n) is 3.85. The molecular formula is C15H18NO6+. The third kappa shape index (κ3) is 3.32. The summed E-state index contributed by atoms with van der Waals surface area (Å²) in [6.45, 7) is -0.168. The number of amides is 2. The Kier molecular flexibility index (Phi) is 4.89. The lowest BCUT2D eigenvalue weighted by molar-refractivity contribution is -0.787. The molecule has 1 unspecified atom stereocenters. The van der Waals surface area contributed by atoms with E-state index in [4.69, 9.17) is 9.84 Å². The van der Waals surface area contributed by atoms with E-state index in [-0.39, 0.29) is 26.0 Å². The van der Waals surface area contributed by atoms with Crippen LogP contribution in [-0.2, 0) is 20.9 Å². The standard InChI is InChI=1S/C15H17NO6/c17-10-16(8-13(18)6-12(16)7-14(19)20)15(21)22-9-11-4-2-1-3-5-11/h1-5,10,12-13,18H,6-9H2/p+1/t12-,13+,16?/m0/s1. The summed E-state index contributed by atoms with van der Waals surface area (Å²) in [5, 5.41) is 18.7. The van der Waals surface area contributed by atoms with Gasteiger partial charge in [-0.05, 0) is 5.56 Å². The second-order valence-electron chi connectivity index (χ2n) is 5.40. The summed E-state index contributed by atoms with van der Waals surface area (Å²) in [7, 11) is 0. The molecule has 1 heterocycles. The number of hydrogen-bond acceptors (Lipinski definition) is 5. The molecule has 118 valence electrons. The van der Waals surface area contributed by atoms with Crippen molar-refractivity contribution < 1.29 is 33.8 Å². The first-order chi connectivity index (χ1) is 10.5. The van der Waals surface area contributed by atoms with Crippen LogP contribution in [0.2, 0.25) is 0 Å². The van der Waals surface area contributed by atoms with Crippen molar-refractivity contribution in [3.05, 3.63) is 35.9 Å². The monoisotopic (exact) mass is 308 g/mol. The fourth-order valence-electron chi connectivity index (χ4n) is 2.76. The lowest BCUT2D eigenvalue weighted by Gasteiger charge is -2.28. The van der Waals surface area contributed by atoms with Gasteiger partial charge in [-0.1, -0.05) is 30.3 Å². The summed E-state index contributed by atoms with van der Waals surface area (Å²) in [4.78, 5) is 34.7. The lowest BCUT2D eigenvalue weighted by atomic mass is 10.1. The van der Waals surface area contributed by atoms with E-state index in [9.17, 15) is 19.5 Å². The third-order valence-corrected chi connectivity index (χ3v) is 3.85. The summed E-state index contributed by atoms with van der Waals surface area (Å²) < 4.78 is 4.36. The number of carboxylic acid groups (broad SMARTS) is 1. The minimum atomic E-state index is -1.13. The van der Waals surface area contributed by atoms with Crippen LogP contribution in [-0.4, -0.2) is 51.9 Å². The second-order valence-corrected chi connectivity index (χ2v) is 5.40. The molecule has 2 rings (SSSR count). The van der Waals surface area contributed by atoms with Gasteiger partial charge >= 0.3 is 18.5 Å². The molecule has 0 bridgehead atoms. The van der Waals surface area contributed by atoms with Gasteiger partial charge in [-0.2, -0.15) is 9.28 Å². The Morgan fingerprint density at radius 2 is 2.00 bits per heavy atom. The summed E-state index contributed by atoms with van der Waals surface area (Å²) in [5.41, 5.74) is 0.759. The van der Waals surface area contributed by atoms with Gasteiger partial charge in [-0.15, -0.1) is 0 Å². The number of carbonyl (C=O) groups excluding carboxylic acids is 2. The normalized spacial score (nSPS) is 27.3. The van der Waals surface area contributed by atoms with Gasteiger partial charge in [-0.25, -0.2) is 4.79 Å². The fourth-order valence-corrected chi connectivity index (χ4v) is 2.76. The number of imide groups is 1. The molecule has 0 spiro atoms. The molecule has 0 aromatic heterocycles. The van der Waals surface area contributed by atoms with E-state index in [0.29, 0.717) is 6.41 Å². The van der Waals surface area contributed by atoms with Crippen molar-refractivity contribution in [1.82, 2.24) is 0 Å². The molecule has 22 heavy (non-hydrogen) atoms. The van der Waals surface area contributed by atoms with Crippen LogP contribution in [0.25, 0.3) is 0 Å². The van der Waals surface area contributed by atoms with Crippen LogP contribution in [0, 0.1) is 0 Å². The SMILES string of the molecule is O=C[N+]1(C(=O)OCc2ccccc2)C[C@H](O)C[C@H]1CC(=O)O. The van der Waals surface area contributed by atoms with Crippen LogP contribution in [0.15, 0.2) is 30.3 Å². The zero-order valence-corrected chi connectivity index (χ0v) is 11.9. The molecule has 1 fully saturated rings. The van der Waals surface area contributed by atoms with Gasteiger partial charge in [0.15, 0.2) is 0 Å². The minimum absolute atomic E-state index is 0.0105. The zero-order chi connectivity index (χ0) is 16.2. The summed E-state index contributed by atoms with van der Waals surface area (Å²) in [5.74, 6) is -1.13. The average Bonchev–Trinajstić information content (AvgIpc) is 2.82. The number of nitrogens with zero attached hydrogens (tertiary/aromatic N) is 1. The quantitative estimate of drug-likeness (QED) is 0.619. The van der Waals surface area contributed by atoms with E-state index in [1.165, 1.54) is 0 Å². The Morgan fingerprint density at radius 3 is 2.59 bits per heavy atom. The lowest BCUT2D eigenvalue weighted by Crippen LogP contribution is -2.56. The molecule has 1 aromatic rings. The molecule has 1 aliphatic rings. The van der Waals surface area contributed by atoms with Crippen molar-refractivity contribution in [1.29, 1.82) is 0 Å². The fraction of sp³-hybridized carbons (Fsp3) is 0.400. The first-order valence-electron chi connectivity index (χ1n) is 6.93. The number of carbonyl (C=O) groups is 3. The summed E-state index contributed by atoms with van der Waals surface area (Å²) in [6, 6.07) is 8.14. The maximum atomic E-state index is 12.3. The maximum Gasteiger partial charge on any atom is 0.524 e. The topological polar surface area (TPSA) is 101 Å². The number of aliphatic carboxylic acids is 1. The predicted molar refractivity (Wildman–Crippen MR) is 74.5 cm³/mol. The van der Waals surface area contributed by atoms with Crippen LogP contribution in [0.5, 0.6) is 0 Å². The molecule has 2 N–H and O–H groups in total. The van der Waals surface area contributed by atoms with Crippen molar-refractivity contribution in [2.24, 2.45) is 0 Å². The number of aliphatic hydroxyl groups excluding tert-OH is 1. The highest BCUT2D eigenvalue weighted by molar-refractivity contribution is 5.72. The van der Waals surface area contributed by atoms with Crippen molar-refractivity contribution >= 4 is 18.5 Å². The van der Waals surface area contributed by atoms with Crippen LogP contribution >= 0.6 is 0 Å². The van der Waals surface area contributed by atoms with Gasteiger partial charge in [0.1, 0.15) is 25.3 Å². The smallest absolute Gasteiger partial charge is 0.481 e. The van der Waals surface area contributed by atoms with Crippen LogP contribution in [0.1, 0.15) is 18.4 Å². The predicted octanol–water partition coefficient (Wildman–Crippen LogP) is 0.904. The van der Waals surface area contributed by atoms with E-state index < -0.39 is 28.7 Å². The Hall–Kier alpha value is -2.25. The number of aliphatic hydroxyl groups is 1. The average molecular weight is 308 g/mol. The number of quaternary nitrogens is 1. The number of carboxylic acids is 1. The number of ether oxygens (including phenoxy) is 1. The van der Waals surface area contributed by atoms with Gasteiger partial charge in [0.05, 0.1) is 6.42 Å². The van der Waals surface area contributed by atoms with Gasteiger partial charge < -0.3 is 14.9 Å². The zero-order valence-electron chi connectivity index (χ0n) is 11.9. The summed E-state index contributed by atoms with van der Waals surface area (Å²) in [6.07, 6.45) is -1.67. The molecule has 7 heteroatoms. The molecule has 0 saturated carbocycles. The van der Waals surface area contributed by atoms with E-state index in [1.54, 1.807) is 24.3 Å². The highest BCUT2D eigenvalue weighted by Gasteiger charge is 2.54. The van der Waals surface area contributed by atoms with E-state index >= 15 is 0 Å². The highest BCUT2D eigenvalue weighted by atomic mass is 16.6. The molecule has 3 atom stereocenters. The van der Waals surface area contributed by atoms with Gasteiger partial charge in [0, 0.05) is 6.42 Å². The van der Waals surface area contributed by atoms with Gasteiger partial charge in [0.2, 0.25) is 0 Å². The molecule has 2 amide bonds. The number of likely N-dealkylation sites (tertiary alicyclic amines) is 1. The van der Waals surface area contributed by atoms with Crippen LogP contribution in [0.3, 0.4) is 0 Å². The molecule has 0 aliphatic carbocycles. The highest BCUT2D eigenvalue weighted by Crippen LogP contribution is 2.29. The van der Waals surface area contributed by atoms with Gasteiger partial charge in [0.25, 0.3) is 0 Å². The second kappa shape index (κ2) is 6.67. The van der Waals surface area contributed by atoms with E-state index in [0.717, 1.165) is 5.56 Å². The Morgan fingerprint density at radius 1 is 1.32 bits per heavy atom. The Balaban J connectivity index is 2.12. The summed E-state index contributed by atoms with van der Waals surface area (Å²) >= 11 is 0. The van der Waals surface area contributed by atoms with Crippen molar-refractivity contribution in [3.63, 3.8) is 0 Å². The Labute approximate surface area is 127 Å². The van der Waals surface area contributed by atoms with Crippen LogP contribution < -0.4 is 0 Å². The van der Waals surface area contributed by atoms with Crippen LogP contribution in [0.4, 0.5) is 4.79 Å². The molecular weight excluding hydrogens is 290 g/mol. The molecule has 0 radical (unpaired) electrons. The van der Waals surface area contributed by atoms with Crippen molar-refractivity contribution in [2.45, 2.75) is 31.6 Å². The molecule has 1 aliphatic heterocycles. The number of rotatable bonds is 5. The van der Waals surface area contributed by atoms with E-state index in [2.05, 4.69) is 0 Å². The molecule has 7 nitrogen and oxygen atoms in total. The molecule has 1 saturated heterocycles. The Bertz CT molecular complexity index is 560. The number of hydrogen-bond donors (Lipinski definition) is 2. The number of benzene rings is 1. The minimum Gasteiger partial charge on any atom is -0.481 e. The maximum absolute atomic E-state index is 12.3. The molecule has 1 aromatic carbocycles. The van der Waals surface area contributed by atoms with Crippen molar-refractivity contribution in [2.75, 3.05) is 6.54 Å². The van der Waals surface area contributed by atoms with Gasteiger partial charge in [-0.3, -0.25) is 4.79 Å². The van der Waals surface area contributed by atoms with E-state index in [1.807, 2.05) is 6.07 Å². The first kappa shape index (κ1) is 16.1. The first-order valence-corrected chi connectivity index (χ1v) is 6.93.